The highest BCUT2D eigenvalue weighted by Crippen LogP contribution is 2.33. The van der Waals surface area contributed by atoms with Gasteiger partial charge in [0, 0.05) is 29.3 Å². The molecule has 1 aliphatic rings. The molecule has 9 heteroatoms. The van der Waals surface area contributed by atoms with Crippen LogP contribution >= 0.6 is 0 Å². The zero-order valence-corrected chi connectivity index (χ0v) is 15.6. The molecule has 3 rings (SSSR count). The lowest BCUT2D eigenvalue weighted by atomic mass is 10.0. The summed E-state index contributed by atoms with van der Waals surface area (Å²) in [4.78, 5) is 40.5. The number of carboxylic acids is 1. The van der Waals surface area contributed by atoms with E-state index in [1.165, 1.54) is 18.3 Å². The van der Waals surface area contributed by atoms with Crippen molar-refractivity contribution >= 4 is 17.8 Å². The van der Waals surface area contributed by atoms with Crippen molar-refractivity contribution in [1.82, 2.24) is 9.88 Å². The molecule has 1 unspecified atom stereocenters. The topological polar surface area (TPSA) is 134 Å². The molecule has 2 heterocycles. The summed E-state index contributed by atoms with van der Waals surface area (Å²) in [6.45, 7) is 1.38. The highest BCUT2D eigenvalue weighted by Gasteiger charge is 2.37. The number of halogens is 1. The number of fused-ring (bicyclic) bond motifs is 1. The van der Waals surface area contributed by atoms with Crippen LogP contribution in [0.2, 0.25) is 0 Å². The van der Waals surface area contributed by atoms with Crippen molar-refractivity contribution < 1.29 is 29.0 Å². The van der Waals surface area contributed by atoms with Crippen LogP contribution in [0.4, 0.5) is 4.39 Å². The standard InChI is InChI=1S/C20H20FN3O5/c1-10(25)11-6-7-23-15(8-11)13-3-2-12-14(18(13)21)9-24(20(12)29)16(19(22)28)4-5-17(26)27/h2-3,6-8,10,16,25H,4-5,9H2,1H3,(H2,22,28)(H,26,27)/t10?,16-/m0/s1. The van der Waals surface area contributed by atoms with E-state index in [-0.39, 0.29) is 36.1 Å². The van der Waals surface area contributed by atoms with Gasteiger partial charge in [-0.1, -0.05) is 0 Å². The van der Waals surface area contributed by atoms with E-state index in [0.29, 0.717) is 11.3 Å². The minimum Gasteiger partial charge on any atom is -0.481 e. The van der Waals surface area contributed by atoms with Crippen LogP contribution in [0.15, 0.2) is 30.5 Å². The van der Waals surface area contributed by atoms with Crippen LogP contribution in [0.3, 0.4) is 0 Å². The van der Waals surface area contributed by atoms with Crippen molar-refractivity contribution in [2.75, 3.05) is 0 Å². The molecule has 0 radical (unpaired) electrons. The molecule has 0 saturated carbocycles. The molecule has 29 heavy (non-hydrogen) atoms. The number of carboxylic acid groups (broad SMARTS) is 1. The van der Waals surface area contributed by atoms with Crippen LogP contribution in [0.5, 0.6) is 0 Å². The SMILES string of the molecule is CC(O)c1ccnc(-c2ccc3c(c2F)CN([C@@H](CCC(=O)O)C(N)=O)C3=O)c1. The number of amides is 2. The van der Waals surface area contributed by atoms with Crippen LogP contribution in [0.25, 0.3) is 11.3 Å². The van der Waals surface area contributed by atoms with Gasteiger partial charge >= 0.3 is 5.97 Å². The van der Waals surface area contributed by atoms with Crippen molar-refractivity contribution in [2.24, 2.45) is 5.73 Å². The Kier molecular flexibility index (Phi) is 5.60. The highest BCUT2D eigenvalue weighted by atomic mass is 19.1. The summed E-state index contributed by atoms with van der Waals surface area (Å²) in [5.74, 6) is -3.21. The number of nitrogens with zero attached hydrogens (tertiary/aromatic N) is 2. The number of hydrogen-bond acceptors (Lipinski definition) is 5. The van der Waals surface area contributed by atoms with Crippen molar-refractivity contribution in [3.05, 3.63) is 53.0 Å². The number of pyridine rings is 1. The van der Waals surface area contributed by atoms with Gasteiger partial charge in [-0.25, -0.2) is 4.39 Å². The van der Waals surface area contributed by atoms with E-state index in [4.69, 9.17) is 10.8 Å². The molecule has 8 nitrogen and oxygen atoms in total. The smallest absolute Gasteiger partial charge is 0.303 e. The van der Waals surface area contributed by atoms with Gasteiger partial charge in [0.25, 0.3) is 5.91 Å². The van der Waals surface area contributed by atoms with E-state index in [0.717, 1.165) is 4.90 Å². The molecule has 1 aliphatic heterocycles. The minimum atomic E-state index is -1.15. The third-order valence-electron chi connectivity index (χ3n) is 4.94. The molecule has 1 aromatic heterocycles. The fourth-order valence-corrected chi connectivity index (χ4v) is 3.39. The molecule has 2 aromatic rings. The lowest BCUT2D eigenvalue weighted by Crippen LogP contribution is -2.45. The quantitative estimate of drug-likeness (QED) is 0.645. The summed E-state index contributed by atoms with van der Waals surface area (Å²) in [6.07, 6.45) is 0.196. The molecular formula is C20H20FN3O5. The Morgan fingerprint density at radius 3 is 2.62 bits per heavy atom. The second-order valence-electron chi connectivity index (χ2n) is 6.89. The number of aliphatic carboxylic acids is 1. The summed E-state index contributed by atoms with van der Waals surface area (Å²) >= 11 is 0. The molecule has 4 N–H and O–H groups in total. The second-order valence-corrected chi connectivity index (χ2v) is 6.89. The number of aliphatic hydroxyl groups is 1. The molecule has 0 saturated heterocycles. The Balaban J connectivity index is 1.96. The van der Waals surface area contributed by atoms with Gasteiger partial charge in [-0.2, -0.15) is 0 Å². The number of nitrogens with two attached hydrogens (primary N) is 1. The lowest BCUT2D eigenvalue weighted by Gasteiger charge is -2.24. The fraction of sp³-hybridized carbons (Fsp3) is 0.300. The van der Waals surface area contributed by atoms with Gasteiger partial charge in [0.1, 0.15) is 11.9 Å². The first kappa shape index (κ1) is 20.4. The van der Waals surface area contributed by atoms with Gasteiger partial charge in [-0.05, 0) is 43.2 Å². The van der Waals surface area contributed by atoms with E-state index >= 15 is 4.39 Å². The van der Waals surface area contributed by atoms with Gasteiger partial charge in [0.05, 0.1) is 18.3 Å². The Morgan fingerprint density at radius 1 is 1.31 bits per heavy atom. The maximum absolute atomic E-state index is 15.2. The minimum absolute atomic E-state index is 0.0957. The number of benzene rings is 1. The van der Waals surface area contributed by atoms with E-state index in [1.807, 2.05) is 0 Å². The van der Waals surface area contributed by atoms with Crippen molar-refractivity contribution in [2.45, 2.75) is 38.5 Å². The largest absolute Gasteiger partial charge is 0.481 e. The Bertz CT molecular complexity index is 992. The average molecular weight is 401 g/mol. The van der Waals surface area contributed by atoms with Crippen molar-refractivity contribution in [3.63, 3.8) is 0 Å². The predicted molar refractivity (Wildman–Crippen MR) is 100.0 cm³/mol. The van der Waals surface area contributed by atoms with E-state index in [2.05, 4.69) is 4.98 Å². The third-order valence-corrected chi connectivity index (χ3v) is 4.94. The first-order valence-corrected chi connectivity index (χ1v) is 8.98. The number of primary amides is 1. The van der Waals surface area contributed by atoms with Crippen LogP contribution in [-0.4, -0.2) is 43.9 Å². The number of carbonyl (C=O) groups is 3. The average Bonchev–Trinajstić information content (AvgIpc) is 2.99. The van der Waals surface area contributed by atoms with Crippen molar-refractivity contribution in [1.29, 1.82) is 0 Å². The van der Waals surface area contributed by atoms with Gasteiger partial charge in [0.15, 0.2) is 0 Å². The van der Waals surface area contributed by atoms with Crippen molar-refractivity contribution in [3.8, 4) is 11.3 Å². The Hall–Kier alpha value is -3.33. The number of carbonyl (C=O) groups excluding carboxylic acids is 2. The molecule has 0 bridgehead atoms. The Morgan fingerprint density at radius 2 is 2.00 bits per heavy atom. The molecule has 2 atom stereocenters. The van der Waals surface area contributed by atoms with Gasteiger partial charge in [-0.3, -0.25) is 19.4 Å². The summed E-state index contributed by atoms with van der Waals surface area (Å²) in [5.41, 5.74) is 6.56. The maximum Gasteiger partial charge on any atom is 0.303 e. The molecule has 0 spiro atoms. The number of hydrogen-bond donors (Lipinski definition) is 3. The Labute approximate surface area is 165 Å². The monoisotopic (exact) mass is 401 g/mol. The summed E-state index contributed by atoms with van der Waals surface area (Å²) in [7, 11) is 0. The summed E-state index contributed by atoms with van der Waals surface area (Å²) in [5, 5.41) is 18.6. The van der Waals surface area contributed by atoms with Gasteiger partial charge in [0.2, 0.25) is 5.91 Å². The highest BCUT2D eigenvalue weighted by molar-refractivity contribution is 6.01. The van der Waals surface area contributed by atoms with E-state index in [9.17, 15) is 19.5 Å². The third kappa shape index (κ3) is 3.95. The molecule has 2 amide bonds. The molecule has 152 valence electrons. The summed E-state index contributed by atoms with van der Waals surface area (Å²) < 4.78 is 15.2. The van der Waals surface area contributed by atoms with E-state index in [1.54, 1.807) is 19.1 Å². The zero-order chi connectivity index (χ0) is 21.3. The predicted octanol–water partition coefficient (Wildman–Crippen LogP) is 1.62. The fourth-order valence-electron chi connectivity index (χ4n) is 3.39. The molecule has 0 aliphatic carbocycles. The normalized spacial score (nSPS) is 15.1. The first-order valence-electron chi connectivity index (χ1n) is 8.98. The molecule has 1 aromatic carbocycles. The molecule has 0 fully saturated rings. The van der Waals surface area contributed by atoms with Crippen LogP contribution in [-0.2, 0) is 16.1 Å². The van der Waals surface area contributed by atoms with Gasteiger partial charge in [-0.15, -0.1) is 0 Å². The first-order chi connectivity index (χ1) is 13.7. The van der Waals surface area contributed by atoms with E-state index < -0.39 is 35.7 Å². The number of aromatic nitrogens is 1. The van der Waals surface area contributed by atoms with Gasteiger partial charge < -0.3 is 20.8 Å². The van der Waals surface area contributed by atoms with Crippen LogP contribution < -0.4 is 5.73 Å². The number of rotatable bonds is 7. The number of aliphatic hydroxyl groups excluding tert-OH is 1. The summed E-state index contributed by atoms with van der Waals surface area (Å²) in [6, 6.07) is 4.89. The zero-order valence-electron chi connectivity index (χ0n) is 15.6. The van der Waals surface area contributed by atoms with Crippen LogP contribution in [0, 0.1) is 5.82 Å². The van der Waals surface area contributed by atoms with Crippen LogP contribution in [0.1, 0.15) is 47.4 Å². The maximum atomic E-state index is 15.2. The second kappa shape index (κ2) is 7.96. The lowest BCUT2D eigenvalue weighted by molar-refractivity contribution is -0.137. The molecular weight excluding hydrogens is 381 g/mol.